The van der Waals surface area contributed by atoms with Crippen molar-refractivity contribution in [3.63, 3.8) is 0 Å². The van der Waals surface area contributed by atoms with Crippen molar-refractivity contribution in [2.45, 2.75) is 26.2 Å². The van der Waals surface area contributed by atoms with Crippen molar-refractivity contribution >= 4 is 29.1 Å². The molecule has 2 amide bonds. The van der Waals surface area contributed by atoms with Crippen molar-refractivity contribution in [1.29, 1.82) is 0 Å². The van der Waals surface area contributed by atoms with Gasteiger partial charge in [-0.3, -0.25) is 9.59 Å². The lowest BCUT2D eigenvalue weighted by Crippen LogP contribution is -2.47. The van der Waals surface area contributed by atoms with Crippen molar-refractivity contribution < 1.29 is 14.3 Å². The van der Waals surface area contributed by atoms with Gasteiger partial charge in [-0.1, -0.05) is 18.5 Å². The van der Waals surface area contributed by atoms with Crippen LogP contribution >= 0.6 is 11.6 Å². The summed E-state index contributed by atoms with van der Waals surface area (Å²) < 4.78 is 5.29. The van der Waals surface area contributed by atoms with Crippen LogP contribution in [0.3, 0.4) is 0 Å². The molecule has 0 unspecified atom stereocenters. The number of rotatable bonds is 7. The maximum absolute atomic E-state index is 12.8. The van der Waals surface area contributed by atoms with E-state index in [0.29, 0.717) is 29.4 Å². The topological polar surface area (TPSA) is 79.5 Å². The van der Waals surface area contributed by atoms with Gasteiger partial charge in [-0.15, -0.1) is 0 Å². The fourth-order valence-corrected chi connectivity index (χ4v) is 3.26. The molecule has 0 aliphatic carbocycles. The zero-order valence-electron chi connectivity index (χ0n) is 14.8. The molecule has 1 saturated heterocycles. The first-order valence-corrected chi connectivity index (χ1v) is 8.99. The number of benzene rings is 1. The molecule has 1 heterocycles. The SMILES string of the molecule is CCCNC(=O)c1ccc(NC(=O)C2(COC)CCNCC2)cc1Cl. The van der Waals surface area contributed by atoms with Gasteiger partial charge in [0.05, 0.1) is 22.6 Å². The van der Waals surface area contributed by atoms with E-state index in [0.717, 1.165) is 32.4 Å². The Morgan fingerprint density at radius 3 is 2.64 bits per heavy atom. The molecule has 25 heavy (non-hydrogen) atoms. The van der Waals surface area contributed by atoms with Crippen molar-refractivity contribution in [2.75, 3.05) is 38.7 Å². The molecular weight excluding hydrogens is 342 g/mol. The lowest BCUT2D eigenvalue weighted by molar-refractivity contribution is -0.130. The predicted octanol–water partition coefficient (Wildman–Crippen LogP) is 2.43. The Bertz CT molecular complexity index is 610. The van der Waals surface area contributed by atoms with Crippen LogP contribution in [0.2, 0.25) is 5.02 Å². The third-order valence-corrected chi connectivity index (χ3v) is 4.78. The molecule has 0 atom stereocenters. The van der Waals surface area contributed by atoms with Crippen LogP contribution in [-0.2, 0) is 9.53 Å². The fraction of sp³-hybridized carbons (Fsp3) is 0.556. The van der Waals surface area contributed by atoms with Gasteiger partial charge in [0.15, 0.2) is 0 Å². The van der Waals surface area contributed by atoms with E-state index in [1.807, 2.05) is 6.92 Å². The summed E-state index contributed by atoms with van der Waals surface area (Å²) in [7, 11) is 1.61. The highest BCUT2D eigenvalue weighted by molar-refractivity contribution is 6.34. The number of nitrogens with one attached hydrogen (secondary N) is 3. The quantitative estimate of drug-likeness (QED) is 0.691. The van der Waals surface area contributed by atoms with E-state index in [2.05, 4.69) is 16.0 Å². The van der Waals surface area contributed by atoms with Crippen molar-refractivity contribution in [1.82, 2.24) is 10.6 Å². The number of carbonyl (C=O) groups is 2. The first kappa shape index (κ1) is 19.7. The first-order chi connectivity index (χ1) is 12.0. The molecule has 2 rings (SSSR count). The molecule has 7 heteroatoms. The maximum Gasteiger partial charge on any atom is 0.252 e. The fourth-order valence-electron chi connectivity index (χ4n) is 2.99. The van der Waals surface area contributed by atoms with Gasteiger partial charge in [-0.2, -0.15) is 0 Å². The highest BCUT2D eigenvalue weighted by Gasteiger charge is 2.39. The molecule has 1 fully saturated rings. The highest BCUT2D eigenvalue weighted by atomic mass is 35.5. The lowest BCUT2D eigenvalue weighted by Gasteiger charge is -2.35. The normalized spacial score (nSPS) is 16.3. The van der Waals surface area contributed by atoms with Crippen LogP contribution in [0.4, 0.5) is 5.69 Å². The van der Waals surface area contributed by atoms with Gasteiger partial charge in [0.25, 0.3) is 5.91 Å². The molecule has 3 N–H and O–H groups in total. The van der Waals surface area contributed by atoms with E-state index in [-0.39, 0.29) is 11.8 Å². The Morgan fingerprint density at radius 1 is 1.32 bits per heavy atom. The minimum atomic E-state index is -0.538. The monoisotopic (exact) mass is 367 g/mol. The molecule has 1 aliphatic rings. The summed E-state index contributed by atoms with van der Waals surface area (Å²) >= 11 is 6.22. The third-order valence-electron chi connectivity index (χ3n) is 4.47. The summed E-state index contributed by atoms with van der Waals surface area (Å²) in [4.78, 5) is 24.8. The van der Waals surface area contributed by atoms with E-state index in [4.69, 9.17) is 16.3 Å². The first-order valence-electron chi connectivity index (χ1n) is 8.61. The summed E-state index contributed by atoms with van der Waals surface area (Å²) in [5, 5.41) is 9.29. The average molecular weight is 368 g/mol. The molecule has 0 saturated carbocycles. The second-order valence-electron chi connectivity index (χ2n) is 6.37. The number of anilines is 1. The summed E-state index contributed by atoms with van der Waals surface area (Å²) in [5.41, 5.74) is 0.446. The second kappa shape index (κ2) is 9.17. The van der Waals surface area contributed by atoms with Crippen LogP contribution in [0, 0.1) is 5.41 Å². The van der Waals surface area contributed by atoms with Gasteiger partial charge in [0.1, 0.15) is 0 Å². The Kier molecular flexibility index (Phi) is 7.23. The van der Waals surface area contributed by atoms with Crippen LogP contribution < -0.4 is 16.0 Å². The Hall–Kier alpha value is -1.63. The standard InChI is InChI=1S/C18H26ClN3O3/c1-3-8-21-16(23)14-5-4-13(11-15(14)19)22-17(24)18(12-25-2)6-9-20-10-7-18/h4-5,11,20H,3,6-10,12H2,1-2H3,(H,21,23)(H,22,24). The molecule has 0 spiro atoms. The molecule has 1 aromatic rings. The van der Waals surface area contributed by atoms with Gasteiger partial charge in [0.2, 0.25) is 5.91 Å². The lowest BCUT2D eigenvalue weighted by atomic mass is 9.78. The molecule has 1 aliphatic heterocycles. The molecule has 1 aromatic carbocycles. The Morgan fingerprint density at radius 2 is 2.04 bits per heavy atom. The van der Waals surface area contributed by atoms with E-state index < -0.39 is 5.41 Å². The van der Waals surface area contributed by atoms with Crippen molar-refractivity contribution in [3.05, 3.63) is 28.8 Å². The molecular formula is C18H26ClN3O3. The minimum absolute atomic E-state index is 0.0740. The van der Waals surface area contributed by atoms with E-state index in [9.17, 15) is 9.59 Å². The number of methoxy groups -OCH3 is 1. The van der Waals surface area contributed by atoms with Crippen molar-refractivity contribution in [3.8, 4) is 0 Å². The maximum atomic E-state index is 12.8. The number of halogens is 1. The number of ether oxygens (including phenoxy) is 1. The number of amides is 2. The van der Waals surface area contributed by atoms with Gasteiger partial charge < -0.3 is 20.7 Å². The number of hydrogen-bond acceptors (Lipinski definition) is 4. The molecule has 0 radical (unpaired) electrons. The van der Waals surface area contributed by atoms with Gasteiger partial charge in [-0.05, 0) is 50.6 Å². The van der Waals surface area contributed by atoms with Crippen molar-refractivity contribution in [2.24, 2.45) is 5.41 Å². The van der Waals surface area contributed by atoms with E-state index >= 15 is 0 Å². The summed E-state index contributed by atoms with van der Waals surface area (Å²) in [6.07, 6.45) is 2.30. The van der Waals surface area contributed by atoms with Crippen LogP contribution in [0.15, 0.2) is 18.2 Å². The number of piperidine rings is 1. The zero-order valence-corrected chi connectivity index (χ0v) is 15.5. The van der Waals surface area contributed by atoms with Crippen LogP contribution in [-0.4, -0.2) is 45.2 Å². The minimum Gasteiger partial charge on any atom is -0.384 e. The molecule has 138 valence electrons. The Balaban J connectivity index is 2.10. The summed E-state index contributed by atoms with van der Waals surface area (Å²) in [6, 6.07) is 4.95. The van der Waals surface area contributed by atoms with Gasteiger partial charge in [-0.25, -0.2) is 0 Å². The predicted molar refractivity (Wildman–Crippen MR) is 99.1 cm³/mol. The number of carbonyl (C=O) groups excluding carboxylic acids is 2. The van der Waals surface area contributed by atoms with Crippen LogP contribution in [0.25, 0.3) is 0 Å². The Labute approximate surface area is 153 Å². The van der Waals surface area contributed by atoms with Gasteiger partial charge in [0, 0.05) is 19.3 Å². The highest BCUT2D eigenvalue weighted by Crippen LogP contribution is 2.31. The zero-order chi connectivity index (χ0) is 18.3. The van der Waals surface area contributed by atoms with Crippen LogP contribution in [0.5, 0.6) is 0 Å². The average Bonchev–Trinajstić information content (AvgIpc) is 2.61. The molecule has 6 nitrogen and oxygen atoms in total. The largest absolute Gasteiger partial charge is 0.384 e. The second-order valence-corrected chi connectivity index (χ2v) is 6.78. The smallest absolute Gasteiger partial charge is 0.252 e. The third kappa shape index (κ3) is 4.93. The van der Waals surface area contributed by atoms with Gasteiger partial charge >= 0.3 is 0 Å². The van der Waals surface area contributed by atoms with Crippen LogP contribution in [0.1, 0.15) is 36.5 Å². The molecule has 0 bridgehead atoms. The number of hydrogen-bond donors (Lipinski definition) is 3. The summed E-state index contributed by atoms with van der Waals surface area (Å²) in [5.74, 6) is -0.283. The molecule has 0 aromatic heterocycles. The summed E-state index contributed by atoms with van der Waals surface area (Å²) in [6.45, 7) is 4.53. The van der Waals surface area contributed by atoms with E-state index in [1.165, 1.54) is 0 Å². The van der Waals surface area contributed by atoms with E-state index in [1.54, 1.807) is 25.3 Å².